The van der Waals surface area contributed by atoms with Crippen LogP contribution in [-0.4, -0.2) is 39.4 Å². The predicted octanol–water partition coefficient (Wildman–Crippen LogP) is 1.15. The Bertz CT molecular complexity index is 307. The molecule has 4 nitrogen and oxygen atoms in total. The molecule has 0 saturated carbocycles. The molecule has 1 fully saturated rings. The van der Waals surface area contributed by atoms with E-state index in [2.05, 4.69) is 12.2 Å². The molecular formula is C10H16N2O2S2. The molecule has 0 aromatic rings. The van der Waals surface area contributed by atoms with E-state index < -0.39 is 0 Å². The largest absolute Gasteiger partial charge is 0.355 e. The molecule has 1 aliphatic rings. The lowest BCUT2D eigenvalue weighted by atomic mass is 10.3. The van der Waals surface area contributed by atoms with Gasteiger partial charge in [-0.05, 0) is 13.3 Å². The van der Waals surface area contributed by atoms with E-state index in [-0.39, 0.29) is 23.6 Å². The monoisotopic (exact) mass is 260 g/mol. The van der Waals surface area contributed by atoms with E-state index in [9.17, 15) is 9.59 Å². The van der Waals surface area contributed by atoms with Crippen molar-refractivity contribution < 1.29 is 9.59 Å². The Morgan fingerprint density at radius 1 is 1.62 bits per heavy atom. The van der Waals surface area contributed by atoms with Gasteiger partial charge in [-0.15, -0.1) is 0 Å². The number of thiocarbonyl (C=S) groups is 1. The van der Waals surface area contributed by atoms with Crippen LogP contribution in [0, 0.1) is 0 Å². The van der Waals surface area contributed by atoms with Crippen LogP contribution in [-0.2, 0) is 9.59 Å². The molecule has 1 N–H and O–H groups in total. The highest BCUT2D eigenvalue weighted by Crippen LogP contribution is 2.26. The van der Waals surface area contributed by atoms with Gasteiger partial charge in [0, 0.05) is 6.54 Å². The first-order valence-corrected chi connectivity index (χ1v) is 6.63. The molecule has 0 spiro atoms. The predicted molar refractivity (Wildman–Crippen MR) is 69.3 cm³/mol. The Morgan fingerprint density at radius 3 is 2.81 bits per heavy atom. The van der Waals surface area contributed by atoms with Crippen LogP contribution in [0.5, 0.6) is 0 Å². The van der Waals surface area contributed by atoms with Crippen molar-refractivity contribution in [2.45, 2.75) is 31.9 Å². The number of hydrogen-bond donors (Lipinski definition) is 1. The van der Waals surface area contributed by atoms with Gasteiger partial charge in [-0.2, -0.15) is 0 Å². The Hall–Kier alpha value is -0.620. The molecule has 2 amide bonds. The second-order valence-corrected chi connectivity index (χ2v) is 5.63. The van der Waals surface area contributed by atoms with E-state index in [0.29, 0.717) is 10.9 Å². The van der Waals surface area contributed by atoms with Crippen molar-refractivity contribution in [1.29, 1.82) is 0 Å². The van der Waals surface area contributed by atoms with Crippen LogP contribution in [0.2, 0.25) is 0 Å². The SMILES string of the molecule is CCCCNC(=O)CN1C(=O)C(C)SC1=S. The van der Waals surface area contributed by atoms with Gasteiger partial charge in [0.1, 0.15) is 10.9 Å². The minimum Gasteiger partial charge on any atom is -0.355 e. The molecule has 1 rings (SSSR count). The average Bonchev–Trinajstić information content (AvgIpc) is 2.46. The molecule has 0 radical (unpaired) electrons. The van der Waals surface area contributed by atoms with E-state index in [1.165, 1.54) is 16.7 Å². The number of carbonyl (C=O) groups is 2. The summed E-state index contributed by atoms with van der Waals surface area (Å²) in [4.78, 5) is 24.5. The van der Waals surface area contributed by atoms with Crippen molar-refractivity contribution >= 4 is 40.1 Å². The van der Waals surface area contributed by atoms with Crippen LogP contribution in [0.25, 0.3) is 0 Å². The van der Waals surface area contributed by atoms with E-state index in [0.717, 1.165) is 12.8 Å². The first kappa shape index (κ1) is 13.4. The number of amides is 2. The van der Waals surface area contributed by atoms with E-state index in [1.807, 2.05) is 0 Å². The van der Waals surface area contributed by atoms with Crippen molar-refractivity contribution in [3.63, 3.8) is 0 Å². The summed E-state index contributed by atoms with van der Waals surface area (Å²) in [6.07, 6.45) is 1.99. The maximum Gasteiger partial charge on any atom is 0.241 e. The number of unbranched alkanes of at least 4 members (excludes halogenated alkanes) is 1. The summed E-state index contributed by atoms with van der Waals surface area (Å²) in [5.74, 6) is -0.209. The Labute approximate surface area is 105 Å². The van der Waals surface area contributed by atoms with Crippen molar-refractivity contribution in [2.75, 3.05) is 13.1 Å². The lowest BCUT2D eigenvalue weighted by Crippen LogP contribution is -2.40. The third-order valence-electron chi connectivity index (χ3n) is 2.27. The van der Waals surface area contributed by atoms with Crippen molar-refractivity contribution in [2.24, 2.45) is 0 Å². The molecule has 0 bridgehead atoms. The highest BCUT2D eigenvalue weighted by molar-refractivity contribution is 8.24. The van der Waals surface area contributed by atoms with Crippen LogP contribution in [0.4, 0.5) is 0 Å². The quantitative estimate of drug-likeness (QED) is 0.595. The Kier molecular flexibility index (Phi) is 5.21. The number of carbonyl (C=O) groups excluding carboxylic acids is 2. The molecule has 0 aromatic carbocycles. The fourth-order valence-corrected chi connectivity index (χ4v) is 2.72. The molecule has 16 heavy (non-hydrogen) atoms. The topological polar surface area (TPSA) is 49.4 Å². The summed E-state index contributed by atoms with van der Waals surface area (Å²) in [6.45, 7) is 4.57. The molecular weight excluding hydrogens is 244 g/mol. The Balaban J connectivity index is 2.39. The van der Waals surface area contributed by atoms with Crippen LogP contribution in [0.3, 0.4) is 0 Å². The first-order valence-electron chi connectivity index (χ1n) is 5.35. The second-order valence-electron chi connectivity index (χ2n) is 3.65. The minimum atomic E-state index is -0.157. The number of nitrogens with one attached hydrogen (secondary N) is 1. The molecule has 90 valence electrons. The van der Waals surface area contributed by atoms with Gasteiger partial charge in [-0.1, -0.05) is 37.3 Å². The van der Waals surface area contributed by atoms with Crippen LogP contribution < -0.4 is 5.32 Å². The van der Waals surface area contributed by atoms with Gasteiger partial charge in [-0.3, -0.25) is 14.5 Å². The van der Waals surface area contributed by atoms with Gasteiger partial charge in [0.15, 0.2) is 0 Å². The van der Waals surface area contributed by atoms with E-state index in [4.69, 9.17) is 12.2 Å². The molecule has 1 aliphatic heterocycles. The number of rotatable bonds is 5. The lowest BCUT2D eigenvalue weighted by Gasteiger charge is -2.14. The van der Waals surface area contributed by atoms with Gasteiger partial charge in [0.2, 0.25) is 11.8 Å². The second kappa shape index (κ2) is 6.20. The van der Waals surface area contributed by atoms with Crippen LogP contribution in [0.1, 0.15) is 26.7 Å². The maximum absolute atomic E-state index is 11.6. The van der Waals surface area contributed by atoms with Gasteiger partial charge >= 0.3 is 0 Å². The standard InChI is InChI=1S/C10H16N2O2S2/c1-3-4-5-11-8(13)6-12-9(14)7(2)16-10(12)15/h7H,3-6H2,1-2H3,(H,11,13). The van der Waals surface area contributed by atoms with Crippen LogP contribution in [0.15, 0.2) is 0 Å². The van der Waals surface area contributed by atoms with E-state index >= 15 is 0 Å². The summed E-state index contributed by atoms with van der Waals surface area (Å²) < 4.78 is 0.503. The van der Waals surface area contributed by atoms with Crippen molar-refractivity contribution in [3.8, 4) is 0 Å². The zero-order valence-corrected chi connectivity index (χ0v) is 11.1. The number of thioether (sulfide) groups is 1. The fraction of sp³-hybridized carbons (Fsp3) is 0.700. The summed E-state index contributed by atoms with van der Waals surface area (Å²) in [5.41, 5.74) is 0. The third-order valence-corrected chi connectivity index (χ3v) is 3.75. The molecule has 0 aliphatic carbocycles. The van der Waals surface area contributed by atoms with Gasteiger partial charge in [-0.25, -0.2) is 0 Å². The fourth-order valence-electron chi connectivity index (χ4n) is 1.32. The minimum absolute atomic E-state index is 0.0543. The summed E-state index contributed by atoms with van der Waals surface area (Å²) in [7, 11) is 0. The highest BCUT2D eigenvalue weighted by atomic mass is 32.2. The smallest absolute Gasteiger partial charge is 0.241 e. The third kappa shape index (κ3) is 3.45. The van der Waals surface area contributed by atoms with Gasteiger partial charge in [0.05, 0.1) is 5.25 Å². The molecule has 1 atom stereocenters. The van der Waals surface area contributed by atoms with Gasteiger partial charge < -0.3 is 5.32 Å². The molecule has 6 heteroatoms. The molecule has 1 heterocycles. The first-order chi connectivity index (χ1) is 7.56. The lowest BCUT2D eigenvalue weighted by molar-refractivity contribution is -0.131. The Morgan fingerprint density at radius 2 is 2.31 bits per heavy atom. The molecule has 1 saturated heterocycles. The number of nitrogens with zero attached hydrogens (tertiary/aromatic N) is 1. The zero-order chi connectivity index (χ0) is 12.1. The molecule has 1 unspecified atom stereocenters. The summed E-state index contributed by atoms with van der Waals surface area (Å²) in [6, 6.07) is 0. The average molecular weight is 260 g/mol. The van der Waals surface area contributed by atoms with Crippen LogP contribution >= 0.6 is 24.0 Å². The van der Waals surface area contributed by atoms with E-state index in [1.54, 1.807) is 6.92 Å². The molecule has 0 aromatic heterocycles. The summed E-state index contributed by atoms with van der Waals surface area (Å²) in [5, 5.41) is 2.61. The summed E-state index contributed by atoms with van der Waals surface area (Å²) >= 11 is 6.37. The highest BCUT2D eigenvalue weighted by Gasteiger charge is 2.34. The van der Waals surface area contributed by atoms with Gasteiger partial charge in [0.25, 0.3) is 0 Å². The maximum atomic E-state index is 11.6. The number of hydrogen-bond acceptors (Lipinski definition) is 4. The van der Waals surface area contributed by atoms with Crippen molar-refractivity contribution in [1.82, 2.24) is 10.2 Å². The van der Waals surface area contributed by atoms with Crippen molar-refractivity contribution in [3.05, 3.63) is 0 Å². The normalized spacial score (nSPS) is 20.4. The zero-order valence-electron chi connectivity index (χ0n) is 9.49.